The van der Waals surface area contributed by atoms with Gasteiger partial charge in [-0.15, -0.1) is 0 Å². The molecule has 0 aromatic carbocycles. The molecule has 1 heterocycles. The van der Waals surface area contributed by atoms with E-state index >= 15 is 0 Å². The molecule has 1 aromatic heterocycles. The van der Waals surface area contributed by atoms with Crippen LogP contribution in [0.5, 0.6) is 0 Å². The Morgan fingerprint density at radius 2 is 2.26 bits per heavy atom. The highest BCUT2D eigenvalue weighted by atomic mass is 16.3. The van der Waals surface area contributed by atoms with Crippen LogP contribution in [-0.4, -0.2) is 33.9 Å². The summed E-state index contributed by atoms with van der Waals surface area (Å²) in [6, 6.07) is 2.01. The molecule has 1 amide bonds. The van der Waals surface area contributed by atoms with Gasteiger partial charge in [0.25, 0.3) is 0 Å². The van der Waals surface area contributed by atoms with Crippen LogP contribution in [0.3, 0.4) is 0 Å². The van der Waals surface area contributed by atoms with Crippen LogP contribution in [0, 0.1) is 19.8 Å². The Hall–Kier alpha value is -1.36. The van der Waals surface area contributed by atoms with E-state index in [0.717, 1.165) is 24.2 Å². The van der Waals surface area contributed by atoms with E-state index in [1.54, 1.807) is 0 Å². The van der Waals surface area contributed by atoms with Gasteiger partial charge in [-0.1, -0.05) is 6.92 Å². The minimum atomic E-state index is 0.0594. The highest BCUT2D eigenvalue weighted by Crippen LogP contribution is 2.04. The summed E-state index contributed by atoms with van der Waals surface area (Å²) in [6.07, 6.45) is 2.30. The third kappa shape index (κ3) is 5.87. The van der Waals surface area contributed by atoms with E-state index in [4.69, 9.17) is 5.11 Å². The SMILES string of the molecule is Cc1cc(C)n(CCC(=O)NCCCC(C)CO)n1. The zero-order valence-electron chi connectivity index (χ0n) is 12.1. The summed E-state index contributed by atoms with van der Waals surface area (Å²) < 4.78 is 1.86. The maximum atomic E-state index is 11.6. The molecule has 0 radical (unpaired) electrons. The van der Waals surface area contributed by atoms with Crippen LogP contribution in [0.25, 0.3) is 0 Å². The largest absolute Gasteiger partial charge is 0.396 e. The first-order valence-electron chi connectivity index (χ1n) is 6.91. The second-order valence-corrected chi connectivity index (χ2v) is 5.18. The van der Waals surface area contributed by atoms with Crippen molar-refractivity contribution < 1.29 is 9.90 Å². The van der Waals surface area contributed by atoms with E-state index in [2.05, 4.69) is 10.4 Å². The minimum absolute atomic E-state index is 0.0594. The van der Waals surface area contributed by atoms with Crippen molar-refractivity contribution in [3.63, 3.8) is 0 Å². The van der Waals surface area contributed by atoms with Crippen LogP contribution < -0.4 is 5.32 Å². The molecule has 0 saturated carbocycles. The molecule has 0 spiro atoms. The summed E-state index contributed by atoms with van der Waals surface area (Å²) in [5.74, 6) is 0.371. The van der Waals surface area contributed by atoms with Crippen molar-refractivity contribution in [1.29, 1.82) is 0 Å². The normalized spacial score (nSPS) is 12.4. The van der Waals surface area contributed by atoms with Gasteiger partial charge in [0, 0.05) is 31.8 Å². The Kier molecular flexibility index (Phi) is 6.56. The Bertz CT molecular complexity index is 401. The van der Waals surface area contributed by atoms with E-state index in [-0.39, 0.29) is 12.5 Å². The first kappa shape index (κ1) is 15.7. The molecule has 19 heavy (non-hydrogen) atoms. The zero-order valence-corrected chi connectivity index (χ0v) is 12.1. The predicted molar refractivity (Wildman–Crippen MR) is 74.8 cm³/mol. The molecular weight excluding hydrogens is 242 g/mol. The highest BCUT2D eigenvalue weighted by Gasteiger charge is 2.05. The van der Waals surface area contributed by atoms with Crippen molar-refractivity contribution >= 4 is 5.91 Å². The van der Waals surface area contributed by atoms with E-state index in [1.165, 1.54) is 0 Å². The van der Waals surface area contributed by atoms with E-state index in [9.17, 15) is 4.79 Å². The van der Waals surface area contributed by atoms with Crippen molar-refractivity contribution in [1.82, 2.24) is 15.1 Å². The van der Waals surface area contributed by atoms with Gasteiger partial charge in [0.1, 0.15) is 0 Å². The number of carbonyl (C=O) groups is 1. The lowest BCUT2D eigenvalue weighted by Crippen LogP contribution is -2.26. The smallest absolute Gasteiger partial charge is 0.221 e. The molecule has 5 nitrogen and oxygen atoms in total. The number of carbonyl (C=O) groups excluding carboxylic acids is 1. The summed E-state index contributed by atoms with van der Waals surface area (Å²) in [7, 11) is 0. The molecule has 0 aliphatic rings. The number of hydrogen-bond acceptors (Lipinski definition) is 3. The van der Waals surface area contributed by atoms with Gasteiger partial charge in [0.05, 0.1) is 5.69 Å². The number of aromatic nitrogens is 2. The fourth-order valence-corrected chi connectivity index (χ4v) is 1.97. The van der Waals surface area contributed by atoms with Crippen LogP contribution in [-0.2, 0) is 11.3 Å². The second-order valence-electron chi connectivity index (χ2n) is 5.18. The Labute approximate surface area is 115 Å². The van der Waals surface area contributed by atoms with E-state index < -0.39 is 0 Å². The lowest BCUT2D eigenvalue weighted by Gasteiger charge is -2.09. The quantitative estimate of drug-likeness (QED) is 0.700. The Morgan fingerprint density at radius 1 is 1.53 bits per heavy atom. The van der Waals surface area contributed by atoms with Gasteiger partial charge >= 0.3 is 0 Å². The number of amides is 1. The zero-order chi connectivity index (χ0) is 14.3. The van der Waals surface area contributed by atoms with Crippen LogP contribution in [0.15, 0.2) is 6.07 Å². The molecule has 2 N–H and O–H groups in total. The molecule has 1 rings (SSSR count). The number of nitrogens with zero attached hydrogens (tertiary/aromatic N) is 2. The summed E-state index contributed by atoms with van der Waals surface area (Å²) in [5, 5.41) is 16.1. The van der Waals surface area contributed by atoms with Crippen LogP contribution >= 0.6 is 0 Å². The number of nitrogens with one attached hydrogen (secondary N) is 1. The summed E-state index contributed by atoms with van der Waals surface area (Å²) in [5.41, 5.74) is 2.07. The summed E-state index contributed by atoms with van der Waals surface area (Å²) in [6.45, 7) is 7.47. The second kappa shape index (κ2) is 7.94. The monoisotopic (exact) mass is 267 g/mol. The van der Waals surface area contributed by atoms with Crippen LogP contribution in [0.1, 0.15) is 37.6 Å². The highest BCUT2D eigenvalue weighted by molar-refractivity contribution is 5.75. The first-order valence-corrected chi connectivity index (χ1v) is 6.91. The van der Waals surface area contributed by atoms with Crippen LogP contribution in [0.2, 0.25) is 0 Å². The van der Waals surface area contributed by atoms with E-state index in [1.807, 2.05) is 31.5 Å². The summed E-state index contributed by atoms with van der Waals surface area (Å²) >= 11 is 0. The minimum Gasteiger partial charge on any atom is -0.396 e. The van der Waals surface area contributed by atoms with E-state index in [0.29, 0.717) is 25.4 Å². The Morgan fingerprint density at radius 3 is 2.84 bits per heavy atom. The molecule has 5 heteroatoms. The molecule has 1 aromatic rings. The predicted octanol–water partition coefficient (Wildman–Crippen LogP) is 1.41. The lowest BCUT2D eigenvalue weighted by molar-refractivity contribution is -0.121. The summed E-state index contributed by atoms with van der Waals surface area (Å²) in [4.78, 5) is 11.6. The fraction of sp³-hybridized carbons (Fsp3) is 0.714. The standard InChI is InChI=1S/C14H25N3O2/c1-11(10-18)5-4-7-15-14(19)6-8-17-13(3)9-12(2)16-17/h9,11,18H,4-8,10H2,1-3H3,(H,15,19). The average Bonchev–Trinajstić information content (AvgIpc) is 2.70. The Balaban J connectivity index is 2.16. The molecule has 0 bridgehead atoms. The number of hydrogen-bond donors (Lipinski definition) is 2. The maximum absolute atomic E-state index is 11.6. The third-order valence-corrected chi connectivity index (χ3v) is 3.16. The molecule has 0 aliphatic heterocycles. The van der Waals surface area contributed by atoms with Gasteiger partial charge in [-0.3, -0.25) is 9.48 Å². The fourth-order valence-electron chi connectivity index (χ4n) is 1.97. The molecule has 1 unspecified atom stereocenters. The van der Waals surface area contributed by atoms with Gasteiger partial charge in [-0.2, -0.15) is 5.10 Å². The van der Waals surface area contributed by atoms with Gasteiger partial charge in [-0.25, -0.2) is 0 Å². The van der Waals surface area contributed by atoms with Gasteiger partial charge in [0.2, 0.25) is 5.91 Å². The molecule has 0 aliphatic carbocycles. The van der Waals surface area contributed by atoms with Crippen molar-refractivity contribution in [3.05, 3.63) is 17.5 Å². The number of rotatable bonds is 8. The molecular formula is C14H25N3O2. The lowest BCUT2D eigenvalue weighted by atomic mass is 10.1. The number of aryl methyl sites for hydroxylation is 3. The van der Waals surface area contributed by atoms with Crippen molar-refractivity contribution in [2.45, 2.75) is 46.6 Å². The van der Waals surface area contributed by atoms with Crippen molar-refractivity contribution in [2.75, 3.05) is 13.2 Å². The van der Waals surface area contributed by atoms with Crippen LogP contribution in [0.4, 0.5) is 0 Å². The first-order chi connectivity index (χ1) is 9.02. The molecule has 1 atom stereocenters. The molecule has 0 saturated heterocycles. The third-order valence-electron chi connectivity index (χ3n) is 3.16. The van der Waals surface area contributed by atoms with Gasteiger partial charge < -0.3 is 10.4 Å². The average molecular weight is 267 g/mol. The topological polar surface area (TPSA) is 67.2 Å². The number of aliphatic hydroxyl groups is 1. The molecule has 108 valence electrons. The number of aliphatic hydroxyl groups excluding tert-OH is 1. The molecule has 0 fully saturated rings. The van der Waals surface area contributed by atoms with Crippen molar-refractivity contribution in [3.8, 4) is 0 Å². The maximum Gasteiger partial charge on any atom is 0.221 e. The van der Waals surface area contributed by atoms with Gasteiger partial charge in [-0.05, 0) is 38.7 Å². The van der Waals surface area contributed by atoms with Crippen molar-refractivity contribution in [2.24, 2.45) is 5.92 Å². The van der Waals surface area contributed by atoms with Gasteiger partial charge in [0.15, 0.2) is 0 Å².